The molecule has 0 spiro atoms. The van der Waals surface area contributed by atoms with Gasteiger partial charge in [0.25, 0.3) is 0 Å². The average Bonchev–Trinajstić information content (AvgIpc) is 2.91. The monoisotopic (exact) mass is 234 g/mol. The number of hydrogen-bond acceptors (Lipinski definition) is 2. The Labute approximate surface area is 102 Å². The van der Waals surface area contributed by atoms with Crippen LogP contribution in [0, 0.1) is 11.7 Å². The van der Waals surface area contributed by atoms with Gasteiger partial charge in [-0.05, 0) is 49.9 Å². The zero-order chi connectivity index (χ0) is 11.8. The van der Waals surface area contributed by atoms with Crippen LogP contribution in [0.25, 0.3) is 0 Å². The van der Waals surface area contributed by atoms with Gasteiger partial charge in [-0.25, -0.2) is 4.39 Å². The van der Waals surface area contributed by atoms with Crippen LogP contribution in [0.3, 0.4) is 0 Å². The fraction of sp³-hybridized carbons (Fsp3) is 0.571. The first-order chi connectivity index (χ1) is 8.28. The molecule has 1 aromatic rings. The second-order valence-electron chi connectivity index (χ2n) is 5.30. The molecule has 92 valence electrons. The molecule has 1 aromatic carbocycles. The first-order valence-corrected chi connectivity index (χ1v) is 6.47. The summed E-state index contributed by atoms with van der Waals surface area (Å²) in [5.41, 5.74) is 1.81. The molecule has 2 unspecified atom stereocenters. The van der Waals surface area contributed by atoms with Crippen molar-refractivity contribution in [3.05, 3.63) is 29.6 Å². The average molecular weight is 234 g/mol. The Bertz CT molecular complexity index is 419. The van der Waals surface area contributed by atoms with Gasteiger partial charge in [0.05, 0.1) is 5.69 Å². The molecule has 2 fully saturated rings. The van der Waals surface area contributed by atoms with Crippen LogP contribution in [0.5, 0.6) is 0 Å². The van der Waals surface area contributed by atoms with E-state index in [2.05, 4.69) is 10.2 Å². The van der Waals surface area contributed by atoms with Crippen molar-refractivity contribution >= 4 is 5.69 Å². The number of anilines is 1. The van der Waals surface area contributed by atoms with Gasteiger partial charge in [-0.2, -0.15) is 0 Å². The zero-order valence-corrected chi connectivity index (χ0v) is 10.2. The number of nitrogens with zero attached hydrogens (tertiary/aromatic N) is 1. The fourth-order valence-electron chi connectivity index (χ4n) is 3.32. The molecule has 2 bridgehead atoms. The van der Waals surface area contributed by atoms with E-state index in [0.29, 0.717) is 6.04 Å². The minimum absolute atomic E-state index is 0.0645. The van der Waals surface area contributed by atoms with Crippen LogP contribution in [0.4, 0.5) is 10.1 Å². The van der Waals surface area contributed by atoms with Crippen molar-refractivity contribution in [1.29, 1.82) is 0 Å². The predicted molar refractivity (Wildman–Crippen MR) is 67.6 cm³/mol. The molecule has 3 heteroatoms. The molecule has 2 aliphatic rings. The largest absolute Gasteiger partial charge is 0.366 e. The summed E-state index contributed by atoms with van der Waals surface area (Å²) in [6, 6.07) is 6.23. The molecular formula is C14H19FN2. The highest BCUT2D eigenvalue weighted by molar-refractivity contribution is 5.51. The van der Waals surface area contributed by atoms with Gasteiger partial charge in [-0.15, -0.1) is 0 Å². The second-order valence-corrected chi connectivity index (χ2v) is 5.30. The van der Waals surface area contributed by atoms with E-state index in [1.807, 2.05) is 19.2 Å². The molecular weight excluding hydrogens is 215 g/mol. The van der Waals surface area contributed by atoms with E-state index in [0.717, 1.165) is 30.3 Å². The number of benzene rings is 1. The maximum absolute atomic E-state index is 14.1. The fourth-order valence-corrected chi connectivity index (χ4v) is 3.32. The van der Waals surface area contributed by atoms with E-state index in [-0.39, 0.29) is 5.82 Å². The first-order valence-electron chi connectivity index (χ1n) is 6.47. The second kappa shape index (κ2) is 4.30. The standard InChI is InChI=1S/C14H19FN2/c1-16-8-10-3-5-14(13(15)7-10)17-9-11-2-4-12(17)6-11/h3,5,7,11-12,16H,2,4,6,8-9H2,1H3. The Morgan fingerprint density at radius 3 is 2.88 bits per heavy atom. The van der Waals surface area contributed by atoms with Crippen LogP contribution in [-0.4, -0.2) is 19.6 Å². The number of halogens is 1. The maximum atomic E-state index is 14.1. The lowest BCUT2D eigenvalue weighted by Gasteiger charge is -2.29. The molecule has 1 heterocycles. The molecule has 1 aliphatic heterocycles. The van der Waals surface area contributed by atoms with Crippen LogP contribution in [0.2, 0.25) is 0 Å². The molecule has 1 N–H and O–H groups in total. The van der Waals surface area contributed by atoms with Gasteiger partial charge in [0.15, 0.2) is 0 Å². The summed E-state index contributed by atoms with van der Waals surface area (Å²) in [6.07, 6.45) is 3.83. The third-order valence-corrected chi connectivity index (χ3v) is 4.11. The highest BCUT2D eigenvalue weighted by atomic mass is 19.1. The molecule has 1 aliphatic carbocycles. The number of piperidine rings is 1. The van der Waals surface area contributed by atoms with Gasteiger partial charge in [0, 0.05) is 19.1 Å². The number of nitrogens with one attached hydrogen (secondary N) is 1. The number of fused-ring (bicyclic) bond motifs is 2. The van der Waals surface area contributed by atoms with Crippen molar-refractivity contribution in [3.63, 3.8) is 0 Å². The predicted octanol–water partition coefficient (Wildman–Crippen LogP) is 2.53. The van der Waals surface area contributed by atoms with Gasteiger partial charge in [-0.1, -0.05) is 6.07 Å². The number of rotatable bonds is 3. The van der Waals surface area contributed by atoms with Crippen molar-refractivity contribution in [3.8, 4) is 0 Å². The molecule has 0 radical (unpaired) electrons. The summed E-state index contributed by atoms with van der Waals surface area (Å²) in [6.45, 7) is 1.77. The third kappa shape index (κ3) is 1.93. The van der Waals surface area contributed by atoms with E-state index in [1.165, 1.54) is 19.3 Å². The zero-order valence-electron chi connectivity index (χ0n) is 10.2. The van der Waals surface area contributed by atoms with Crippen LogP contribution in [0.1, 0.15) is 24.8 Å². The lowest BCUT2D eigenvalue weighted by molar-refractivity contribution is 0.540. The van der Waals surface area contributed by atoms with E-state index in [9.17, 15) is 4.39 Å². The maximum Gasteiger partial charge on any atom is 0.146 e. The topological polar surface area (TPSA) is 15.3 Å². The Morgan fingerprint density at radius 1 is 1.41 bits per heavy atom. The van der Waals surface area contributed by atoms with Gasteiger partial charge in [0.1, 0.15) is 5.82 Å². The Balaban J connectivity index is 1.83. The van der Waals surface area contributed by atoms with Crippen molar-refractivity contribution in [2.24, 2.45) is 5.92 Å². The third-order valence-electron chi connectivity index (χ3n) is 4.11. The lowest BCUT2D eigenvalue weighted by atomic mass is 10.1. The molecule has 0 amide bonds. The Hall–Kier alpha value is -1.09. The summed E-state index contributed by atoms with van der Waals surface area (Å²) in [5, 5.41) is 3.05. The van der Waals surface area contributed by atoms with Crippen molar-refractivity contribution < 1.29 is 4.39 Å². The van der Waals surface area contributed by atoms with E-state index in [1.54, 1.807) is 6.07 Å². The molecule has 2 nitrogen and oxygen atoms in total. The van der Waals surface area contributed by atoms with E-state index >= 15 is 0 Å². The number of hydrogen-bond donors (Lipinski definition) is 1. The summed E-state index contributed by atoms with van der Waals surface area (Å²) in [7, 11) is 1.88. The Kier molecular flexibility index (Phi) is 2.79. The van der Waals surface area contributed by atoms with Crippen LogP contribution < -0.4 is 10.2 Å². The van der Waals surface area contributed by atoms with Crippen LogP contribution >= 0.6 is 0 Å². The van der Waals surface area contributed by atoms with Crippen molar-refractivity contribution in [2.45, 2.75) is 31.8 Å². The quantitative estimate of drug-likeness (QED) is 0.864. The van der Waals surface area contributed by atoms with Crippen LogP contribution in [0.15, 0.2) is 18.2 Å². The highest BCUT2D eigenvalue weighted by Gasteiger charge is 2.38. The van der Waals surface area contributed by atoms with Gasteiger partial charge < -0.3 is 10.2 Å². The summed E-state index contributed by atoms with van der Waals surface area (Å²) >= 11 is 0. The minimum Gasteiger partial charge on any atom is -0.366 e. The van der Waals surface area contributed by atoms with Gasteiger partial charge >= 0.3 is 0 Å². The van der Waals surface area contributed by atoms with E-state index in [4.69, 9.17) is 0 Å². The molecule has 3 rings (SSSR count). The molecule has 0 aromatic heterocycles. The summed E-state index contributed by atoms with van der Waals surface area (Å²) in [4.78, 5) is 2.27. The molecule has 2 atom stereocenters. The van der Waals surface area contributed by atoms with Gasteiger partial charge in [-0.3, -0.25) is 0 Å². The summed E-state index contributed by atoms with van der Waals surface area (Å²) in [5.74, 6) is 0.738. The van der Waals surface area contributed by atoms with Crippen molar-refractivity contribution in [2.75, 3.05) is 18.5 Å². The SMILES string of the molecule is CNCc1ccc(N2CC3CCC2C3)c(F)c1. The van der Waals surface area contributed by atoms with Crippen molar-refractivity contribution in [1.82, 2.24) is 5.32 Å². The normalized spacial score (nSPS) is 26.8. The minimum atomic E-state index is -0.0645. The molecule has 17 heavy (non-hydrogen) atoms. The van der Waals surface area contributed by atoms with Gasteiger partial charge in [0.2, 0.25) is 0 Å². The Morgan fingerprint density at radius 2 is 2.29 bits per heavy atom. The molecule has 1 saturated heterocycles. The first kappa shape index (κ1) is 11.0. The lowest BCUT2D eigenvalue weighted by Crippen LogP contribution is -2.32. The van der Waals surface area contributed by atoms with E-state index < -0.39 is 0 Å². The molecule has 1 saturated carbocycles. The highest BCUT2D eigenvalue weighted by Crippen LogP contribution is 2.40. The van der Waals surface area contributed by atoms with Crippen LogP contribution in [-0.2, 0) is 6.54 Å². The smallest absolute Gasteiger partial charge is 0.146 e. The summed E-state index contributed by atoms with van der Waals surface area (Å²) < 4.78 is 14.1.